The lowest BCUT2D eigenvalue weighted by Gasteiger charge is -2.33. The Morgan fingerprint density at radius 2 is 1.38 bits per heavy atom. The van der Waals surface area contributed by atoms with Crippen LogP contribution in [-0.2, 0) is 22.6 Å². The van der Waals surface area contributed by atoms with E-state index < -0.39 is 5.92 Å². The van der Waals surface area contributed by atoms with Crippen molar-refractivity contribution in [1.82, 2.24) is 14.8 Å². The van der Waals surface area contributed by atoms with Crippen LogP contribution in [0.2, 0.25) is 0 Å². The van der Waals surface area contributed by atoms with Gasteiger partial charge in [0.25, 0.3) is 0 Å². The molecule has 0 fully saturated rings. The van der Waals surface area contributed by atoms with Gasteiger partial charge in [-0.2, -0.15) is 0 Å². The molecule has 5 aromatic rings. The molecular weight excluding hydrogens is 525 g/mol. The van der Waals surface area contributed by atoms with E-state index in [1.165, 1.54) is 12.1 Å². The lowest BCUT2D eigenvalue weighted by atomic mass is 9.89. The third-order valence-electron chi connectivity index (χ3n) is 7.69. The summed E-state index contributed by atoms with van der Waals surface area (Å²) in [6, 6.07) is 33.5. The number of nitrogens with one attached hydrogen (secondary N) is 1. The van der Waals surface area contributed by atoms with Crippen molar-refractivity contribution in [2.75, 3.05) is 13.1 Å². The number of rotatable bonds is 11. The number of hydrogen-bond donors (Lipinski definition) is 1. The molecular formula is C36H36FN3O2. The summed E-state index contributed by atoms with van der Waals surface area (Å²) in [6.45, 7) is 4.60. The number of nitrogens with zero attached hydrogens (tertiary/aromatic N) is 2. The molecule has 2 amide bonds. The number of fused-ring (bicyclic) bond motifs is 1. The Labute approximate surface area is 246 Å². The van der Waals surface area contributed by atoms with Crippen LogP contribution in [0.1, 0.15) is 42.0 Å². The molecule has 0 aliphatic heterocycles. The highest BCUT2D eigenvalue weighted by Gasteiger charge is 2.31. The number of carbonyl (C=O) groups excluding carboxylic acids is 2. The van der Waals surface area contributed by atoms with Gasteiger partial charge in [0.15, 0.2) is 0 Å². The Kier molecular flexibility index (Phi) is 9.12. The molecule has 0 saturated heterocycles. The number of halogens is 1. The van der Waals surface area contributed by atoms with Crippen molar-refractivity contribution < 1.29 is 14.0 Å². The molecule has 4 aromatic carbocycles. The van der Waals surface area contributed by atoms with Crippen LogP contribution in [0.3, 0.4) is 0 Å². The summed E-state index contributed by atoms with van der Waals surface area (Å²) in [5.74, 6) is -1.12. The number of benzene rings is 4. The number of carbonyl (C=O) groups is 2. The summed E-state index contributed by atoms with van der Waals surface area (Å²) in [5.41, 5.74) is 4.77. The largest absolute Gasteiger partial charge is 0.361 e. The first kappa shape index (κ1) is 28.8. The third kappa shape index (κ3) is 6.77. The van der Waals surface area contributed by atoms with Gasteiger partial charge in [-0.15, -0.1) is 0 Å². The molecule has 5 nitrogen and oxygen atoms in total. The molecule has 5 rings (SSSR count). The zero-order valence-corrected chi connectivity index (χ0v) is 24.0. The summed E-state index contributed by atoms with van der Waals surface area (Å²) in [4.78, 5) is 35.0. The van der Waals surface area contributed by atoms with E-state index in [2.05, 4.69) is 11.1 Å². The predicted octanol–water partition coefficient (Wildman–Crippen LogP) is 6.95. The van der Waals surface area contributed by atoms with Gasteiger partial charge < -0.3 is 14.8 Å². The lowest BCUT2D eigenvalue weighted by Crippen LogP contribution is -2.47. The van der Waals surface area contributed by atoms with Crippen LogP contribution in [0.4, 0.5) is 4.39 Å². The van der Waals surface area contributed by atoms with Crippen molar-refractivity contribution >= 4 is 22.7 Å². The zero-order valence-electron chi connectivity index (χ0n) is 24.0. The molecule has 42 heavy (non-hydrogen) atoms. The maximum atomic E-state index is 14.2. The molecule has 0 aliphatic rings. The Balaban J connectivity index is 1.41. The number of hydrogen-bond acceptors (Lipinski definition) is 2. The first-order chi connectivity index (χ1) is 20.4. The second-order valence-corrected chi connectivity index (χ2v) is 10.9. The van der Waals surface area contributed by atoms with Gasteiger partial charge in [-0.25, -0.2) is 4.39 Å². The Bertz CT molecular complexity index is 1570. The number of aromatic nitrogens is 1. The highest BCUT2D eigenvalue weighted by atomic mass is 19.1. The van der Waals surface area contributed by atoms with Crippen LogP contribution < -0.4 is 0 Å². The summed E-state index contributed by atoms with van der Waals surface area (Å²) < 4.78 is 13.6. The van der Waals surface area contributed by atoms with Gasteiger partial charge in [-0.3, -0.25) is 9.59 Å². The molecule has 0 spiro atoms. The van der Waals surface area contributed by atoms with E-state index in [9.17, 15) is 14.0 Å². The van der Waals surface area contributed by atoms with E-state index in [0.29, 0.717) is 19.5 Å². The lowest BCUT2D eigenvalue weighted by molar-refractivity contribution is -0.142. The molecule has 0 radical (unpaired) electrons. The smallest absolute Gasteiger partial charge is 0.242 e. The van der Waals surface area contributed by atoms with Crippen molar-refractivity contribution in [3.05, 3.63) is 143 Å². The minimum absolute atomic E-state index is 0.0538. The average Bonchev–Trinajstić information content (AvgIpc) is 3.43. The first-order valence-corrected chi connectivity index (χ1v) is 14.4. The van der Waals surface area contributed by atoms with E-state index in [-0.39, 0.29) is 30.2 Å². The zero-order chi connectivity index (χ0) is 29.5. The Hall–Kier alpha value is -4.71. The van der Waals surface area contributed by atoms with Crippen molar-refractivity contribution in [2.24, 2.45) is 0 Å². The van der Waals surface area contributed by atoms with Crippen LogP contribution in [0.5, 0.6) is 0 Å². The normalized spacial score (nSPS) is 11.3. The Morgan fingerprint density at radius 1 is 0.786 bits per heavy atom. The fourth-order valence-electron chi connectivity index (χ4n) is 5.39. The molecule has 0 bridgehead atoms. The van der Waals surface area contributed by atoms with Crippen LogP contribution in [0, 0.1) is 5.82 Å². The van der Waals surface area contributed by atoms with E-state index in [4.69, 9.17) is 0 Å². The number of aromatic amines is 1. The molecule has 1 N–H and O–H groups in total. The van der Waals surface area contributed by atoms with E-state index in [1.54, 1.807) is 21.9 Å². The van der Waals surface area contributed by atoms with Gasteiger partial charge >= 0.3 is 0 Å². The highest BCUT2D eigenvalue weighted by Crippen LogP contribution is 2.28. The van der Waals surface area contributed by atoms with Gasteiger partial charge in [0.05, 0.1) is 5.92 Å². The molecule has 0 unspecified atom stereocenters. The maximum absolute atomic E-state index is 14.2. The molecule has 1 heterocycles. The van der Waals surface area contributed by atoms with Gasteiger partial charge in [-0.1, -0.05) is 91.0 Å². The van der Waals surface area contributed by atoms with Crippen LogP contribution in [0.15, 0.2) is 115 Å². The molecule has 0 atom stereocenters. The predicted molar refractivity (Wildman–Crippen MR) is 165 cm³/mol. The summed E-state index contributed by atoms with van der Waals surface area (Å²) in [6.07, 6.45) is 2.63. The van der Waals surface area contributed by atoms with Gasteiger partial charge in [0.2, 0.25) is 11.8 Å². The number of H-pyrrole nitrogens is 1. The maximum Gasteiger partial charge on any atom is 0.242 e. The topological polar surface area (TPSA) is 56.4 Å². The molecule has 214 valence electrons. The van der Waals surface area contributed by atoms with E-state index in [0.717, 1.165) is 33.2 Å². The van der Waals surface area contributed by atoms with Crippen molar-refractivity contribution in [3.63, 3.8) is 0 Å². The van der Waals surface area contributed by atoms with Crippen LogP contribution in [-0.4, -0.2) is 45.7 Å². The molecule has 0 saturated carbocycles. The van der Waals surface area contributed by atoms with Crippen LogP contribution >= 0.6 is 0 Å². The summed E-state index contributed by atoms with van der Waals surface area (Å²) >= 11 is 0. The van der Waals surface area contributed by atoms with E-state index in [1.807, 2.05) is 98.9 Å². The fraction of sp³-hybridized carbons (Fsp3) is 0.222. The summed E-state index contributed by atoms with van der Waals surface area (Å²) in [5, 5.41) is 1.12. The second kappa shape index (κ2) is 13.3. The van der Waals surface area contributed by atoms with Gasteiger partial charge in [0.1, 0.15) is 12.4 Å². The van der Waals surface area contributed by atoms with Gasteiger partial charge in [0, 0.05) is 36.2 Å². The second-order valence-electron chi connectivity index (χ2n) is 10.9. The summed E-state index contributed by atoms with van der Waals surface area (Å²) in [7, 11) is 0. The standard InChI is InChI=1S/C36H36FN3O2/c1-26(2)40(36(42)35(28-11-5-3-6-12-28)29-13-7-4-8-14-29)25-34(41)39(24-27-17-19-31(37)20-18-27)22-21-30-23-38-33-16-10-9-15-32(30)33/h3-20,23,26,35,38H,21-22,24-25H2,1-2H3. The number of para-hydroxylation sites is 1. The van der Waals surface area contributed by atoms with Gasteiger partial charge in [-0.05, 0) is 60.7 Å². The SMILES string of the molecule is CC(C)N(CC(=O)N(CCc1c[nH]c2ccccc12)Cc1ccc(F)cc1)C(=O)C(c1ccccc1)c1ccccc1. The average molecular weight is 562 g/mol. The first-order valence-electron chi connectivity index (χ1n) is 14.4. The van der Waals surface area contributed by atoms with Crippen LogP contribution in [0.25, 0.3) is 10.9 Å². The van der Waals surface area contributed by atoms with Crippen molar-refractivity contribution in [2.45, 2.75) is 38.8 Å². The fourth-order valence-corrected chi connectivity index (χ4v) is 5.39. The molecule has 6 heteroatoms. The third-order valence-corrected chi connectivity index (χ3v) is 7.69. The Morgan fingerprint density at radius 3 is 2.00 bits per heavy atom. The molecule has 1 aromatic heterocycles. The molecule has 0 aliphatic carbocycles. The van der Waals surface area contributed by atoms with E-state index >= 15 is 0 Å². The van der Waals surface area contributed by atoms with Crippen molar-refractivity contribution in [3.8, 4) is 0 Å². The quantitative estimate of drug-likeness (QED) is 0.190. The minimum atomic E-state index is -0.528. The minimum Gasteiger partial charge on any atom is -0.361 e. The van der Waals surface area contributed by atoms with Crippen molar-refractivity contribution in [1.29, 1.82) is 0 Å². The number of amides is 2. The highest BCUT2D eigenvalue weighted by molar-refractivity contribution is 5.91. The monoisotopic (exact) mass is 561 g/mol.